The summed E-state index contributed by atoms with van der Waals surface area (Å²) >= 11 is 3.49. The van der Waals surface area contributed by atoms with Gasteiger partial charge in [-0.1, -0.05) is 80.9 Å². The van der Waals surface area contributed by atoms with Crippen LogP contribution in [-0.4, -0.2) is 30.5 Å². The lowest BCUT2D eigenvalue weighted by Gasteiger charge is -2.32. The Labute approximate surface area is 252 Å². The van der Waals surface area contributed by atoms with Crippen molar-refractivity contribution >= 4 is 50.8 Å². The molecule has 2 aliphatic rings. The number of nitrogens with zero attached hydrogens (tertiary/aromatic N) is 2. The van der Waals surface area contributed by atoms with E-state index in [1.165, 1.54) is 64.2 Å². The van der Waals surface area contributed by atoms with Crippen LogP contribution in [0.4, 0.5) is 5.69 Å². The third-order valence-electron chi connectivity index (χ3n) is 7.79. The summed E-state index contributed by atoms with van der Waals surface area (Å²) in [6, 6.07) is 17.1. The van der Waals surface area contributed by atoms with Gasteiger partial charge in [0.2, 0.25) is 5.52 Å². The molecule has 1 aromatic heterocycles. The highest BCUT2D eigenvalue weighted by molar-refractivity contribution is 8.03. The van der Waals surface area contributed by atoms with Crippen LogP contribution in [0, 0.1) is 0 Å². The first-order valence-corrected chi connectivity index (χ1v) is 16.9. The highest BCUT2D eigenvalue weighted by Crippen LogP contribution is 2.39. The molecule has 1 atom stereocenters. The number of hydrogen-bond acceptors (Lipinski definition) is 5. The molecule has 216 valence electrons. The summed E-state index contributed by atoms with van der Waals surface area (Å²) in [6.07, 6.45) is 13.7. The van der Waals surface area contributed by atoms with E-state index in [0.29, 0.717) is 11.1 Å². The van der Waals surface area contributed by atoms with Gasteiger partial charge in [0.1, 0.15) is 4.70 Å². The monoisotopic (exact) mass is 588 g/mol. The fourth-order valence-electron chi connectivity index (χ4n) is 5.61. The number of aromatic nitrogens is 1. The lowest BCUT2D eigenvalue weighted by Crippen LogP contribution is -3.03. The van der Waals surface area contributed by atoms with Crippen molar-refractivity contribution in [1.29, 1.82) is 0 Å². The molecular weight excluding hydrogens is 547 g/mol. The number of allylic oxidation sites excluding steroid dienone is 3. The molecule has 1 unspecified atom stereocenters. The zero-order valence-corrected chi connectivity index (χ0v) is 26.0. The van der Waals surface area contributed by atoms with Gasteiger partial charge in [-0.15, -0.1) is 0 Å². The summed E-state index contributed by atoms with van der Waals surface area (Å²) in [4.78, 5) is 7.31. The fraction of sp³-hybridized carbons (Fsp3) is 0.412. The van der Waals surface area contributed by atoms with Gasteiger partial charge in [-0.3, -0.25) is 9.89 Å². The standard InChI is InChI=1S/C34H41N3O2S2/c1-3-5-7-13-20-36-27-15-9-11-17-29(27)40-31(36)23-25-33(35-19-22-38)26(34(25)39)24-32-37(21-14-8-6-4-2)28-16-10-12-18-30(28)41-32/h9-12,15-18,23-24,38H,3-8,13-14,19-22H2,1-2H3/p+1. The number of thioether (sulfide) groups is 1. The number of quaternary nitrogens is 1. The molecule has 3 aromatic rings. The molecule has 1 aliphatic heterocycles. The van der Waals surface area contributed by atoms with Crippen molar-refractivity contribution in [3.8, 4) is 0 Å². The Morgan fingerprint density at radius 3 is 2.49 bits per heavy atom. The molecule has 7 heteroatoms. The van der Waals surface area contributed by atoms with Gasteiger partial charge in [-0.05, 0) is 48.7 Å². The Hall–Kier alpha value is -2.71. The molecule has 1 aliphatic carbocycles. The van der Waals surface area contributed by atoms with Crippen LogP contribution in [0.3, 0.4) is 0 Å². The zero-order valence-electron chi connectivity index (χ0n) is 24.3. The number of aliphatic hydroxyl groups excluding tert-OH is 1. The number of thiazole rings is 1. The molecule has 5 rings (SSSR count). The maximum absolute atomic E-state index is 13.7. The molecular formula is C34H42N3O2S2+. The zero-order chi connectivity index (χ0) is 28.6. The minimum Gasteiger partial charge on any atom is -0.872 e. The lowest BCUT2D eigenvalue weighted by atomic mass is 9.86. The molecule has 0 saturated heterocycles. The molecule has 0 fully saturated rings. The van der Waals surface area contributed by atoms with Crippen molar-refractivity contribution in [2.45, 2.75) is 76.7 Å². The van der Waals surface area contributed by atoms with Gasteiger partial charge in [0.25, 0.3) is 5.01 Å². The third kappa shape index (κ3) is 6.69. The molecule has 0 saturated carbocycles. The molecule has 0 radical (unpaired) electrons. The molecule has 41 heavy (non-hydrogen) atoms. The highest BCUT2D eigenvalue weighted by Gasteiger charge is 2.34. The van der Waals surface area contributed by atoms with Gasteiger partial charge in [-0.25, -0.2) is 0 Å². The fourth-order valence-corrected chi connectivity index (χ4v) is 7.93. The van der Waals surface area contributed by atoms with Crippen LogP contribution < -0.4 is 14.6 Å². The van der Waals surface area contributed by atoms with Crippen LogP contribution in [0.2, 0.25) is 0 Å². The van der Waals surface area contributed by atoms with Crippen molar-refractivity contribution in [3.63, 3.8) is 0 Å². The van der Waals surface area contributed by atoms with Crippen LogP contribution in [0.5, 0.6) is 0 Å². The number of para-hydroxylation sites is 2. The van der Waals surface area contributed by atoms with E-state index in [-0.39, 0.29) is 18.9 Å². The molecule has 2 heterocycles. The van der Waals surface area contributed by atoms with Crippen LogP contribution in [0.15, 0.2) is 86.4 Å². The maximum atomic E-state index is 13.7. The number of aliphatic hydroxyl groups is 1. The minimum absolute atomic E-state index is 0.0376. The summed E-state index contributed by atoms with van der Waals surface area (Å²) in [7, 11) is 0. The molecule has 2 aromatic carbocycles. The van der Waals surface area contributed by atoms with Gasteiger partial charge in [-0.2, -0.15) is 4.57 Å². The number of nitrogens with one attached hydrogen (secondary N) is 1. The molecule has 0 bridgehead atoms. The number of fused-ring (bicyclic) bond motifs is 2. The second-order valence-corrected chi connectivity index (χ2v) is 12.9. The molecule has 0 spiro atoms. The Kier molecular flexibility index (Phi) is 10.5. The number of hydrogen-bond donors (Lipinski definition) is 2. The van der Waals surface area contributed by atoms with Gasteiger partial charge >= 0.3 is 0 Å². The van der Waals surface area contributed by atoms with Gasteiger partial charge in [0, 0.05) is 36.3 Å². The topological polar surface area (TPSA) is 64.0 Å². The Morgan fingerprint density at radius 1 is 0.927 bits per heavy atom. The van der Waals surface area contributed by atoms with Gasteiger partial charge in [0.05, 0.1) is 30.3 Å². The highest BCUT2D eigenvalue weighted by atomic mass is 32.2. The third-order valence-corrected chi connectivity index (χ3v) is 10.1. The van der Waals surface area contributed by atoms with Crippen LogP contribution in [0.25, 0.3) is 16.3 Å². The molecule has 0 amide bonds. The Morgan fingerprint density at radius 2 is 1.68 bits per heavy atom. The normalized spacial score (nSPS) is 19.6. The quantitative estimate of drug-likeness (QED) is 0.181. The number of benzene rings is 2. The first-order chi connectivity index (χ1) is 20.2. The summed E-state index contributed by atoms with van der Waals surface area (Å²) < 4.78 is 3.59. The average Bonchev–Trinajstić information content (AvgIpc) is 3.53. The molecule has 5 nitrogen and oxygen atoms in total. The van der Waals surface area contributed by atoms with Crippen molar-refractivity contribution in [1.82, 2.24) is 0 Å². The van der Waals surface area contributed by atoms with Crippen molar-refractivity contribution in [2.75, 3.05) is 19.7 Å². The number of rotatable bonds is 14. The Balaban J connectivity index is 1.49. The van der Waals surface area contributed by atoms with Crippen LogP contribution in [-0.2, 0) is 6.54 Å². The van der Waals surface area contributed by atoms with Crippen molar-refractivity contribution < 1.29 is 19.7 Å². The predicted octanol–water partition coefficient (Wildman–Crippen LogP) is 5.96. The lowest BCUT2D eigenvalue weighted by molar-refractivity contribution is -0.780. The summed E-state index contributed by atoms with van der Waals surface area (Å²) in [5.74, 6) is 0.0473. The molecule has 2 N–H and O–H groups in total. The average molecular weight is 589 g/mol. The van der Waals surface area contributed by atoms with Crippen molar-refractivity contribution in [3.05, 3.63) is 81.5 Å². The first-order valence-electron chi connectivity index (χ1n) is 15.2. The number of unbranched alkanes of at least 4 members (excludes halogenated alkanes) is 6. The minimum atomic E-state index is -0.0376. The SMILES string of the molecule is CCCCCC[n+]1c(C=C2C(=NCCO)C(C=C3Sc4ccccc4[NH+]3CCCCCC)=C2[O-])sc2ccccc21. The van der Waals surface area contributed by atoms with E-state index in [4.69, 9.17) is 4.99 Å². The number of aryl methyl sites for hydroxylation is 1. The summed E-state index contributed by atoms with van der Waals surface area (Å²) in [5.41, 5.74) is 4.57. The summed E-state index contributed by atoms with van der Waals surface area (Å²) in [5, 5.41) is 25.5. The largest absolute Gasteiger partial charge is 0.872 e. The van der Waals surface area contributed by atoms with E-state index in [1.54, 1.807) is 23.1 Å². The van der Waals surface area contributed by atoms with E-state index >= 15 is 0 Å². The van der Waals surface area contributed by atoms with Crippen LogP contribution >= 0.6 is 23.1 Å². The first kappa shape index (κ1) is 29.8. The van der Waals surface area contributed by atoms with E-state index < -0.39 is 0 Å². The van der Waals surface area contributed by atoms with E-state index in [2.05, 4.69) is 73.0 Å². The Bertz CT molecular complexity index is 1480. The van der Waals surface area contributed by atoms with Crippen molar-refractivity contribution in [2.24, 2.45) is 4.99 Å². The summed E-state index contributed by atoms with van der Waals surface area (Å²) in [6.45, 7) is 6.68. The van der Waals surface area contributed by atoms with E-state index in [1.807, 2.05) is 6.08 Å². The van der Waals surface area contributed by atoms with Gasteiger partial charge in [0.15, 0.2) is 17.3 Å². The second kappa shape index (κ2) is 14.5. The number of aliphatic imine (C=N–C) groups is 1. The smallest absolute Gasteiger partial charge is 0.263 e. The van der Waals surface area contributed by atoms with Gasteiger partial charge < -0.3 is 10.2 Å². The maximum Gasteiger partial charge on any atom is 0.263 e. The predicted molar refractivity (Wildman–Crippen MR) is 171 cm³/mol. The van der Waals surface area contributed by atoms with E-state index in [9.17, 15) is 10.2 Å². The second-order valence-electron chi connectivity index (χ2n) is 10.8. The van der Waals surface area contributed by atoms with E-state index in [0.717, 1.165) is 41.7 Å². The van der Waals surface area contributed by atoms with Crippen LogP contribution in [0.1, 0.15) is 70.2 Å².